The summed E-state index contributed by atoms with van der Waals surface area (Å²) in [6.07, 6.45) is 5.45. The number of hydrogen-bond donors (Lipinski definition) is 2. The maximum Gasteiger partial charge on any atom is 0.266 e. The topological polar surface area (TPSA) is 102 Å². The highest BCUT2D eigenvalue weighted by Gasteiger charge is 2.55. The number of nitrogens with one attached hydrogen (secondary N) is 1. The number of carbonyl (C=O) groups is 1. The largest absolute Gasteiger partial charge is 0.383 e. The smallest absolute Gasteiger partial charge is 0.266 e. The lowest BCUT2D eigenvalue weighted by molar-refractivity contribution is -0.133. The van der Waals surface area contributed by atoms with E-state index in [-0.39, 0.29) is 37.7 Å². The van der Waals surface area contributed by atoms with Crippen molar-refractivity contribution in [3.8, 4) is 0 Å². The number of piperidine rings is 1. The lowest BCUT2D eigenvalue weighted by Gasteiger charge is -2.44. The zero-order valence-electron chi connectivity index (χ0n) is 20.9. The second kappa shape index (κ2) is 13.6. The van der Waals surface area contributed by atoms with Crippen molar-refractivity contribution in [3.63, 3.8) is 0 Å². The normalized spacial score (nSPS) is 21.1. The summed E-state index contributed by atoms with van der Waals surface area (Å²) in [5.41, 5.74) is 4.11. The predicted octanol–water partition coefficient (Wildman–Crippen LogP) is 2.31. The van der Waals surface area contributed by atoms with Crippen molar-refractivity contribution in [1.29, 1.82) is 0 Å². The van der Waals surface area contributed by atoms with Crippen molar-refractivity contribution >= 4 is 46.4 Å². The molecule has 2 heterocycles. The van der Waals surface area contributed by atoms with Crippen LogP contribution in [-0.2, 0) is 26.0 Å². The first-order valence-electron chi connectivity index (χ1n) is 12.4. The molecule has 0 spiro atoms. The Kier molecular flexibility index (Phi) is 11.7. The Hall–Kier alpha value is -1.14. The minimum absolute atomic E-state index is 0. The quantitative estimate of drug-likeness (QED) is 0.349. The Morgan fingerprint density at radius 1 is 1.06 bits per heavy atom. The fourth-order valence-corrected chi connectivity index (χ4v) is 7.49. The standard InChI is InChI=1S/C24H38N4O5S.2ClH/c1-33-18-17-26-11-9-24(10-12-26,23(29)25-30)34(31,32)28-15-13-27(14-16-28)22-7-5-21(6-8-22)19-20-3-2-4-20;;/h5-8,20,30H,2-4,9-19H2,1H3,(H,25,29);2*1H. The molecule has 2 N–H and O–H groups in total. The number of benzene rings is 1. The van der Waals surface area contributed by atoms with Crippen LogP contribution in [0.25, 0.3) is 0 Å². The molecule has 4 rings (SSSR count). The summed E-state index contributed by atoms with van der Waals surface area (Å²) in [5, 5.41) is 9.38. The van der Waals surface area contributed by atoms with E-state index in [1.807, 2.05) is 0 Å². The molecular weight excluding hydrogens is 527 g/mol. The van der Waals surface area contributed by atoms with Gasteiger partial charge in [0.2, 0.25) is 10.0 Å². The number of nitrogens with zero attached hydrogens (tertiary/aromatic N) is 3. The third-order valence-electron chi connectivity index (χ3n) is 7.91. The van der Waals surface area contributed by atoms with E-state index in [0.29, 0.717) is 52.4 Å². The zero-order chi connectivity index (χ0) is 24.2. The molecule has 9 nitrogen and oxygen atoms in total. The van der Waals surface area contributed by atoms with Crippen molar-refractivity contribution in [2.24, 2.45) is 5.92 Å². The third-order valence-corrected chi connectivity index (χ3v) is 10.5. The van der Waals surface area contributed by atoms with Crippen LogP contribution in [0, 0.1) is 5.92 Å². The Labute approximate surface area is 227 Å². The summed E-state index contributed by atoms with van der Waals surface area (Å²) >= 11 is 0. The molecule has 0 atom stereocenters. The van der Waals surface area contributed by atoms with Crippen molar-refractivity contribution in [2.75, 3.05) is 64.4 Å². The second-order valence-electron chi connectivity index (χ2n) is 9.83. The number of amides is 1. The fraction of sp³-hybridized carbons (Fsp3) is 0.708. The number of ether oxygens (including phenoxy) is 1. The average Bonchev–Trinajstić information content (AvgIpc) is 2.85. The molecule has 2 saturated heterocycles. The summed E-state index contributed by atoms with van der Waals surface area (Å²) in [6, 6.07) is 8.65. The van der Waals surface area contributed by atoms with Crippen LogP contribution in [0.3, 0.4) is 0 Å². The summed E-state index contributed by atoms with van der Waals surface area (Å²) in [4.78, 5) is 17.0. The second-order valence-corrected chi connectivity index (χ2v) is 12.1. The van der Waals surface area contributed by atoms with Crippen LogP contribution in [-0.4, -0.2) is 93.0 Å². The lowest BCUT2D eigenvalue weighted by atomic mass is 9.81. The molecule has 2 aliphatic heterocycles. The first-order valence-corrected chi connectivity index (χ1v) is 13.8. The van der Waals surface area contributed by atoms with Gasteiger partial charge in [-0.1, -0.05) is 31.4 Å². The molecular formula is C24H40Cl2N4O5S. The van der Waals surface area contributed by atoms with Crippen molar-refractivity contribution in [1.82, 2.24) is 14.7 Å². The highest BCUT2D eigenvalue weighted by atomic mass is 35.5. The molecule has 0 bridgehead atoms. The average molecular weight is 568 g/mol. The molecule has 1 saturated carbocycles. The molecule has 0 unspecified atom stereocenters. The molecule has 1 aliphatic carbocycles. The van der Waals surface area contributed by atoms with Gasteiger partial charge in [-0.05, 0) is 42.9 Å². The highest BCUT2D eigenvalue weighted by Crippen LogP contribution is 2.35. The van der Waals surface area contributed by atoms with Gasteiger partial charge < -0.3 is 14.5 Å². The van der Waals surface area contributed by atoms with E-state index in [1.165, 1.54) is 29.1 Å². The van der Waals surface area contributed by atoms with Gasteiger partial charge >= 0.3 is 0 Å². The van der Waals surface area contributed by atoms with E-state index in [9.17, 15) is 18.4 Å². The van der Waals surface area contributed by atoms with Crippen LogP contribution in [0.1, 0.15) is 37.7 Å². The van der Waals surface area contributed by atoms with Crippen molar-refractivity contribution < 1.29 is 23.2 Å². The molecule has 0 aromatic heterocycles. The van der Waals surface area contributed by atoms with E-state index >= 15 is 0 Å². The fourth-order valence-electron chi connectivity index (χ4n) is 5.37. The zero-order valence-corrected chi connectivity index (χ0v) is 23.4. The molecule has 1 amide bonds. The molecule has 3 aliphatic rings. The minimum atomic E-state index is -3.95. The van der Waals surface area contributed by atoms with Gasteiger partial charge in [-0.3, -0.25) is 10.0 Å². The molecule has 36 heavy (non-hydrogen) atoms. The van der Waals surface area contributed by atoms with Gasteiger partial charge in [-0.2, -0.15) is 4.31 Å². The van der Waals surface area contributed by atoms with Gasteiger partial charge in [0.05, 0.1) is 6.61 Å². The van der Waals surface area contributed by atoms with Crippen molar-refractivity contribution in [3.05, 3.63) is 29.8 Å². The Morgan fingerprint density at radius 2 is 1.67 bits per heavy atom. The monoisotopic (exact) mass is 566 g/mol. The summed E-state index contributed by atoms with van der Waals surface area (Å²) in [7, 11) is -2.32. The highest BCUT2D eigenvalue weighted by molar-refractivity contribution is 7.91. The van der Waals surface area contributed by atoms with Gasteiger partial charge in [0.1, 0.15) is 0 Å². The van der Waals surface area contributed by atoms with Gasteiger partial charge in [-0.25, -0.2) is 13.9 Å². The van der Waals surface area contributed by atoms with Crippen LogP contribution in [0.15, 0.2) is 24.3 Å². The van der Waals surface area contributed by atoms with Gasteiger partial charge in [-0.15, -0.1) is 24.8 Å². The van der Waals surface area contributed by atoms with E-state index in [0.717, 1.165) is 18.0 Å². The van der Waals surface area contributed by atoms with Crippen LogP contribution in [0.4, 0.5) is 5.69 Å². The number of methoxy groups -OCH3 is 1. The number of likely N-dealkylation sites (tertiary alicyclic amines) is 1. The Morgan fingerprint density at radius 3 is 2.17 bits per heavy atom. The first kappa shape index (κ1) is 31.1. The molecule has 206 valence electrons. The van der Waals surface area contributed by atoms with Crippen LogP contribution >= 0.6 is 24.8 Å². The van der Waals surface area contributed by atoms with E-state index in [4.69, 9.17) is 4.74 Å². The van der Waals surface area contributed by atoms with Gasteiger partial charge in [0.25, 0.3) is 5.91 Å². The van der Waals surface area contributed by atoms with Crippen LogP contribution in [0.2, 0.25) is 0 Å². The van der Waals surface area contributed by atoms with Crippen molar-refractivity contribution in [2.45, 2.75) is 43.3 Å². The van der Waals surface area contributed by atoms with Gasteiger partial charge in [0, 0.05) is 58.6 Å². The SMILES string of the molecule is COCCN1CCC(C(=O)NO)(S(=O)(=O)N2CCN(c3ccc(CC4CCC4)cc3)CC2)CC1.Cl.Cl. The number of piperazine rings is 1. The van der Waals surface area contributed by atoms with E-state index < -0.39 is 20.7 Å². The maximum atomic E-state index is 13.7. The Bertz CT molecular complexity index is 930. The summed E-state index contributed by atoms with van der Waals surface area (Å²) in [6.45, 7) is 3.93. The summed E-state index contributed by atoms with van der Waals surface area (Å²) in [5.74, 6) is -0.00161. The first-order chi connectivity index (χ1) is 16.4. The molecule has 1 aromatic rings. The van der Waals surface area contributed by atoms with Crippen LogP contribution < -0.4 is 10.4 Å². The number of halogens is 2. The minimum Gasteiger partial charge on any atom is -0.383 e. The summed E-state index contributed by atoms with van der Waals surface area (Å²) < 4.78 is 32.3. The number of anilines is 1. The number of hydroxylamine groups is 1. The molecule has 1 aromatic carbocycles. The number of carbonyl (C=O) groups excluding carboxylic acids is 1. The number of hydrogen-bond acceptors (Lipinski definition) is 7. The van der Waals surface area contributed by atoms with E-state index in [2.05, 4.69) is 34.1 Å². The molecule has 3 fully saturated rings. The lowest BCUT2D eigenvalue weighted by Crippen LogP contribution is -2.63. The number of rotatable bonds is 9. The predicted molar refractivity (Wildman–Crippen MR) is 145 cm³/mol. The Balaban J connectivity index is 0.00000228. The molecule has 0 radical (unpaired) electrons. The van der Waals surface area contributed by atoms with E-state index in [1.54, 1.807) is 12.6 Å². The maximum absolute atomic E-state index is 13.7. The third kappa shape index (κ3) is 6.46. The molecule has 12 heteroatoms. The van der Waals surface area contributed by atoms with Gasteiger partial charge in [0.15, 0.2) is 4.75 Å². The van der Waals surface area contributed by atoms with Crippen LogP contribution in [0.5, 0.6) is 0 Å². The number of sulfonamides is 1.